The molecular weight excluding hydrogens is 1880 g/mol. The van der Waals surface area contributed by atoms with E-state index in [2.05, 4.69) is 159 Å². The van der Waals surface area contributed by atoms with Gasteiger partial charge in [0.1, 0.15) is 23.5 Å². The highest BCUT2D eigenvalue weighted by Gasteiger charge is 2.66. The van der Waals surface area contributed by atoms with E-state index in [1.54, 1.807) is 34.4 Å². The van der Waals surface area contributed by atoms with Crippen LogP contribution in [0.4, 0.5) is 13.2 Å². The molecule has 149 heavy (non-hydrogen) atoms. The number of aromatic nitrogens is 12. The molecule has 0 spiro atoms. The number of nitrogens with zero attached hydrogens (tertiary/aromatic N) is 12. The van der Waals surface area contributed by atoms with Crippen LogP contribution in [0.15, 0.2) is 142 Å². The molecule has 40 atom stereocenters. The van der Waals surface area contributed by atoms with E-state index in [9.17, 15) is 38.7 Å². The second kappa shape index (κ2) is 42.5. The lowest BCUT2D eigenvalue weighted by Gasteiger charge is -2.57. The molecule has 0 bridgehead atoms. The van der Waals surface area contributed by atoms with E-state index in [-0.39, 0.29) is 12.3 Å². The van der Waals surface area contributed by atoms with Gasteiger partial charge in [0.25, 0.3) is 6.43 Å². The van der Waals surface area contributed by atoms with E-state index in [0.717, 1.165) is 210 Å². The molecule has 0 aliphatic heterocycles. The summed E-state index contributed by atoms with van der Waals surface area (Å²) in [6.07, 6.45) is 76.1. The summed E-state index contributed by atoms with van der Waals surface area (Å²) in [5.74, 6) is 32.3. The summed E-state index contributed by atoms with van der Waals surface area (Å²) >= 11 is 5.64. The summed E-state index contributed by atoms with van der Waals surface area (Å²) < 4.78 is 46.7. The number of hydrogen-bond donors (Lipinski definition) is 5. The third-order valence-electron chi connectivity index (χ3n) is 49.3. The molecule has 5 heterocycles. The smallest absolute Gasteiger partial charge is 0.266 e. The van der Waals surface area contributed by atoms with Crippen molar-refractivity contribution in [2.24, 2.45) is 211 Å². The Bertz CT molecular complexity index is 5600. The fourth-order valence-corrected chi connectivity index (χ4v) is 42.7. The Balaban J connectivity index is 0.000000105. The van der Waals surface area contributed by atoms with Crippen LogP contribution in [0.3, 0.4) is 0 Å². The first-order valence-corrected chi connectivity index (χ1v) is 60.9. The van der Waals surface area contributed by atoms with E-state index in [4.69, 9.17) is 11.6 Å². The van der Waals surface area contributed by atoms with Gasteiger partial charge in [0.05, 0.1) is 68.1 Å². The normalized spacial score (nSPS) is 46.0. The molecule has 814 valence electrons. The maximum absolute atomic E-state index is 13.4. The van der Waals surface area contributed by atoms with Crippen LogP contribution in [0.25, 0.3) is 0 Å². The standard InChI is InChI=1S/C29H40N2O.C26H35ClN2O.C25H36F2N2O.C24H36FN3O.C24H37N3O/c1-20(18-31-16-15-30-19-31)26-7-8-27-25-6-5-22-17-29(32,13-9-21-3-4-21)14-11-23(22)24(25)10-12-28(26,27)2;1-18(16-29-14-13-28-17-29)23-5-6-24-22-4-3-19-15-26(30,11-12-27)10-8-20(19)21(22)7-9-25(23,24)2;1-16(14-29-12-11-28-15-29)21-5-6-22-20-4-3-17-13-25(30,23(26)27)10-8-18(17)19(20)7-9-24(21,22)2;1-16(14-28-26-11-12-27-28)21-5-6-22-20-4-3-17-13-24(29,15-25)10-8-18(17)19(20)7-9-23(21,22)2;1-16(15-27-25-12-13-26-27)21-6-7-22-20-5-4-17-14-23(2,28)10-8-18(17)19(20)9-11-24(21,22)3/h15-16,19,21-27,32H,1,3-8,10-12,14,17-18H2,2H3;13-14,17,19-24,30H,1,3-10,15-16H2,2H3;11-12,15,17-23,30H,1,3-10,13-14H2,2H3;11-12,17-22,29H,1,3-10,13-15H2,2H3;12-13,17-22,28H,1,4-11,14-15H2,2-3H3/t22-,23-,24+,25+,26+,27-,28+,29+;19-,20-,21+,22+,23+,24-,25+,26-;17-,18-,19+,20+,21+,22-,24+,25+;2*17-,18-,19+,20+,21+,22-,23+,24+/m00000/s1. The van der Waals surface area contributed by atoms with Crippen molar-refractivity contribution >= 4 is 11.6 Å². The Morgan fingerprint density at radius 3 is 0.933 bits per heavy atom. The minimum atomic E-state index is -2.61. The third-order valence-corrected chi connectivity index (χ3v) is 49.4. The summed E-state index contributed by atoms with van der Waals surface area (Å²) in [6.45, 7) is 41.1. The quantitative estimate of drug-likeness (QED) is 0.0434. The first-order chi connectivity index (χ1) is 71.5. The Labute approximate surface area is 895 Å². The van der Waals surface area contributed by atoms with Crippen LogP contribution < -0.4 is 0 Å². The molecule has 0 unspecified atom stereocenters. The van der Waals surface area contributed by atoms with Crippen molar-refractivity contribution in [2.45, 2.75) is 410 Å². The largest absolute Gasteiger partial charge is 0.390 e. The Morgan fingerprint density at radius 1 is 0.322 bits per heavy atom. The molecule has 21 heteroatoms. The van der Waals surface area contributed by atoms with Gasteiger partial charge in [0.2, 0.25) is 0 Å². The maximum Gasteiger partial charge on any atom is 0.266 e. The lowest BCUT2D eigenvalue weighted by molar-refractivity contribution is -0.158. The summed E-state index contributed by atoms with van der Waals surface area (Å²) in [7, 11) is 0. The van der Waals surface area contributed by atoms with E-state index in [0.29, 0.717) is 117 Å². The molecule has 5 aromatic heterocycles. The number of aliphatic hydroxyl groups is 5. The van der Waals surface area contributed by atoms with Gasteiger partial charge in [0, 0.05) is 68.1 Å². The topological polar surface area (TPSA) is 216 Å². The van der Waals surface area contributed by atoms with Crippen LogP contribution in [0, 0.1) is 234 Å². The highest BCUT2D eigenvalue weighted by atomic mass is 35.5. The van der Waals surface area contributed by atoms with Crippen LogP contribution in [-0.4, -0.2) is 125 Å². The van der Waals surface area contributed by atoms with Crippen molar-refractivity contribution in [1.29, 1.82) is 0 Å². The van der Waals surface area contributed by atoms with Gasteiger partial charge in [-0.2, -0.15) is 30.0 Å². The van der Waals surface area contributed by atoms with Gasteiger partial charge in [0.15, 0.2) is 0 Å². The fourth-order valence-electron chi connectivity index (χ4n) is 42.6. The second-order valence-electron chi connectivity index (χ2n) is 56.5. The summed E-state index contributed by atoms with van der Waals surface area (Å²) in [6, 6.07) is 0. The molecule has 0 aromatic carbocycles. The molecule has 17 nitrogen and oxygen atoms in total. The van der Waals surface area contributed by atoms with E-state index >= 15 is 0 Å². The van der Waals surface area contributed by atoms with Crippen molar-refractivity contribution in [2.75, 3.05) is 6.67 Å². The molecule has 5 N–H and O–H groups in total. The van der Waals surface area contributed by atoms with E-state index in [1.165, 1.54) is 233 Å². The van der Waals surface area contributed by atoms with E-state index < -0.39 is 41.1 Å². The van der Waals surface area contributed by atoms with Crippen LogP contribution in [-0.2, 0) is 32.7 Å². The fraction of sp³-hybridized carbons (Fsp3) is 0.789. The average Bonchev–Trinajstić information content (AvgIpc) is 1.65. The zero-order chi connectivity index (χ0) is 104. The van der Waals surface area contributed by atoms with Gasteiger partial charge in [-0.05, 0) is 525 Å². The SMILES string of the molecule is C=C(Cn1ccnc1)[C@H]1CC[C@H]2[C@@H]3CC[C@H]4C[C@@](O)(C#CC5CC5)CC[C@@H]4[C@H]3CC[C@]12C.C=C(Cn1ccnc1)[C@H]1CC[C@H]2[C@@H]3CC[C@H]4C[C@@](O)(C#CCl)CC[C@@H]4[C@H]3CC[C@]12C.C=C(Cn1ccnc1)[C@H]1CC[C@H]2[C@@H]3CC[C@H]4C[C@@](O)(C(F)F)CC[C@@H]4[C@H]3CC[C@]12C.C=C(Cn1nccn1)[C@H]1CC[C@H]2[C@@H]3CC[C@H]4C[C@@](O)(CF)CC[C@@H]4[C@H]3CC[C@]12C.C=C(Cn1nccn1)[C@H]1CC[C@H]2[C@@H]3CC[C@H]4C[C@](C)(O)CC[C@@H]4[C@H]3CC[C@]12C. The van der Waals surface area contributed by atoms with Crippen molar-refractivity contribution < 1.29 is 38.7 Å². The number of imidazole rings is 3. The Morgan fingerprint density at radius 2 is 0.617 bits per heavy atom. The number of alkyl halides is 3. The minimum Gasteiger partial charge on any atom is -0.390 e. The highest BCUT2D eigenvalue weighted by molar-refractivity contribution is 6.30. The molecular formula is C128H184ClF3N12O5. The second-order valence-corrected chi connectivity index (χ2v) is 56.7. The van der Waals surface area contributed by atoms with Gasteiger partial charge < -0.3 is 39.2 Å². The summed E-state index contributed by atoms with van der Waals surface area (Å²) in [4.78, 5) is 16.2. The van der Waals surface area contributed by atoms with Crippen molar-refractivity contribution in [3.05, 3.63) is 142 Å². The molecule has 0 saturated heterocycles. The monoisotopic (exact) mass is 2060 g/mol. The molecule has 0 radical (unpaired) electrons. The number of hydrogen-bond acceptors (Lipinski definition) is 12. The number of halogens is 4. The maximum atomic E-state index is 13.4. The van der Waals surface area contributed by atoms with Crippen LogP contribution in [0.5, 0.6) is 0 Å². The molecule has 0 amide bonds. The lowest BCUT2D eigenvalue weighted by Crippen LogP contribution is -2.52. The van der Waals surface area contributed by atoms with Gasteiger partial charge in [-0.15, -0.1) is 0 Å². The zero-order valence-electron chi connectivity index (χ0n) is 91.6. The van der Waals surface area contributed by atoms with Crippen LogP contribution >= 0.6 is 11.6 Å². The predicted molar refractivity (Wildman–Crippen MR) is 582 cm³/mol. The predicted octanol–water partition coefficient (Wildman–Crippen LogP) is 26.9. The molecule has 21 saturated carbocycles. The van der Waals surface area contributed by atoms with E-state index in [1.807, 2.05) is 43.8 Å². The minimum absolute atomic E-state index is 0.279. The zero-order valence-corrected chi connectivity index (χ0v) is 92.4. The first-order valence-electron chi connectivity index (χ1n) is 60.6. The molecule has 5 aromatic rings. The number of rotatable bonds is 17. The average molecular weight is 2060 g/mol. The molecule has 21 fully saturated rings. The Kier molecular flexibility index (Phi) is 30.5. The van der Waals surface area contributed by atoms with Crippen molar-refractivity contribution in [1.82, 2.24) is 58.6 Å². The lowest BCUT2D eigenvalue weighted by atomic mass is 9.48. The highest BCUT2D eigenvalue weighted by Crippen LogP contribution is 2.73. The number of allylic oxidation sites excluding steroid dienone is 5. The van der Waals surface area contributed by atoms with Crippen LogP contribution in [0.1, 0.15) is 343 Å². The van der Waals surface area contributed by atoms with Gasteiger partial charge in [-0.1, -0.05) is 113 Å². The summed E-state index contributed by atoms with van der Waals surface area (Å²) in [5, 5.41) is 73.1. The Hall–Kier alpha value is -6.39. The number of fused-ring (bicyclic) bond motifs is 25. The molecule has 21 aliphatic carbocycles. The van der Waals surface area contributed by atoms with Gasteiger partial charge >= 0.3 is 0 Å². The third kappa shape index (κ3) is 20.6. The van der Waals surface area contributed by atoms with Gasteiger partial charge in [-0.25, -0.2) is 28.1 Å². The summed E-state index contributed by atoms with van der Waals surface area (Å²) in [5.41, 5.74) is 3.99. The molecule has 21 aliphatic rings. The molecule has 26 rings (SSSR count). The van der Waals surface area contributed by atoms with Crippen molar-refractivity contribution in [3.8, 4) is 23.1 Å². The van der Waals surface area contributed by atoms with Gasteiger partial charge in [-0.3, -0.25) is 0 Å². The first kappa shape index (κ1) is 107. The van der Waals surface area contributed by atoms with Crippen LogP contribution in [0.2, 0.25) is 0 Å². The van der Waals surface area contributed by atoms with Crippen molar-refractivity contribution in [3.63, 3.8) is 0 Å².